The van der Waals surface area contributed by atoms with Gasteiger partial charge in [0, 0.05) is 5.54 Å². The van der Waals surface area contributed by atoms with Crippen molar-refractivity contribution in [2.75, 3.05) is 6.61 Å². The van der Waals surface area contributed by atoms with Crippen molar-refractivity contribution in [1.29, 1.82) is 0 Å². The van der Waals surface area contributed by atoms with Gasteiger partial charge in [0.25, 0.3) is 0 Å². The second kappa shape index (κ2) is 3.57. The van der Waals surface area contributed by atoms with E-state index in [2.05, 4.69) is 0 Å². The predicted molar refractivity (Wildman–Crippen MR) is 44.6 cm³/mol. The Morgan fingerprint density at radius 1 is 1.82 bits per heavy atom. The van der Waals surface area contributed by atoms with Crippen LogP contribution in [0.15, 0.2) is 11.6 Å². The van der Waals surface area contributed by atoms with Crippen LogP contribution in [0, 0.1) is 0 Å². The zero-order chi connectivity index (χ0) is 8.32. The lowest BCUT2D eigenvalue weighted by atomic mass is 10.0. The number of aliphatic hydroxyl groups excluding tert-OH is 1. The van der Waals surface area contributed by atoms with Gasteiger partial charge in [-0.1, -0.05) is 11.6 Å². The van der Waals surface area contributed by atoms with E-state index >= 15 is 0 Å². The van der Waals surface area contributed by atoms with Gasteiger partial charge >= 0.3 is 0 Å². The van der Waals surface area contributed by atoms with Crippen LogP contribution in [-0.2, 0) is 4.74 Å². The van der Waals surface area contributed by atoms with Crippen LogP contribution in [-0.4, -0.2) is 23.4 Å². The number of hydrogen-bond acceptors (Lipinski definition) is 2. The molecule has 0 aromatic heterocycles. The molecule has 1 saturated heterocycles. The number of ether oxygens (including phenoxy) is 1. The molecule has 1 heterocycles. The van der Waals surface area contributed by atoms with E-state index in [4.69, 9.17) is 21.4 Å². The van der Waals surface area contributed by atoms with E-state index in [1.807, 2.05) is 13.0 Å². The summed E-state index contributed by atoms with van der Waals surface area (Å²) in [6, 6.07) is 0. The molecular weight excluding hydrogens is 164 g/mol. The van der Waals surface area contributed by atoms with Gasteiger partial charge in [-0.05, 0) is 25.8 Å². The van der Waals surface area contributed by atoms with E-state index in [-0.39, 0.29) is 18.3 Å². The fraction of sp³-hybridized carbons (Fsp3) is 0.750. The molecule has 0 amide bonds. The zero-order valence-electron chi connectivity index (χ0n) is 6.59. The van der Waals surface area contributed by atoms with Crippen LogP contribution in [0.4, 0.5) is 0 Å². The molecule has 0 spiro atoms. The van der Waals surface area contributed by atoms with Gasteiger partial charge in [-0.2, -0.15) is 0 Å². The van der Waals surface area contributed by atoms with Crippen molar-refractivity contribution in [2.24, 2.45) is 0 Å². The average molecular weight is 177 g/mol. The molecular formula is C8H13ClO2. The number of rotatable bonds is 2. The van der Waals surface area contributed by atoms with Crippen molar-refractivity contribution in [3.8, 4) is 0 Å². The van der Waals surface area contributed by atoms with Crippen LogP contribution in [0.5, 0.6) is 0 Å². The summed E-state index contributed by atoms with van der Waals surface area (Å²) in [5, 5.41) is 8.93. The van der Waals surface area contributed by atoms with Gasteiger partial charge < -0.3 is 9.84 Å². The highest BCUT2D eigenvalue weighted by molar-refractivity contribution is 6.25. The lowest BCUT2D eigenvalue weighted by Crippen LogP contribution is -2.28. The molecule has 1 fully saturated rings. The largest absolute Gasteiger partial charge is 0.393 e. The molecule has 0 saturated carbocycles. The second-order valence-corrected chi connectivity index (χ2v) is 3.37. The maximum absolute atomic E-state index is 8.93. The van der Waals surface area contributed by atoms with E-state index in [9.17, 15) is 0 Å². The fourth-order valence-corrected chi connectivity index (χ4v) is 1.43. The minimum atomic E-state index is -0.346. The van der Waals surface area contributed by atoms with Crippen molar-refractivity contribution in [3.63, 3.8) is 0 Å². The number of aliphatic hydroxyl groups is 1. The van der Waals surface area contributed by atoms with Crippen LogP contribution < -0.4 is 0 Å². The van der Waals surface area contributed by atoms with Crippen LogP contribution in [0.25, 0.3) is 0 Å². The van der Waals surface area contributed by atoms with Crippen molar-refractivity contribution >= 4 is 11.6 Å². The standard InChI is InChI=1S/C8H13ClO2/c1-8(6-10)4-2-7(11-8)3-5-9/h3,5,7,10H,2,4,6H2,1H3/b5-3+/t7?,8-/m0/s1. The predicted octanol–water partition coefficient (Wildman–Crippen LogP) is 1.67. The van der Waals surface area contributed by atoms with Crippen molar-refractivity contribution < 1.29 is 9.84 Å². The molecule has 1 aliphatic heterocycles. The molecule has 0 radical (unpaired) electrons. The van der Waals surface area contributed by atoms with Gasteiger partial charge in [-0.15, -0.1) is 0 Å². The average Bonchev–Trinajstić information content (AvgIpc) is 2.35. The first-order valence-corrected chi connectivity index (χ1v) is 4.19. The third-order valence-corrected chi connectivity index (χ3v) is 2.16. The first kappa shape index (κ1) is 9.04. The molecule has 1 N–H and O–H groups in total. The van der Waals surface area contributed by atoms with Gasteiger partial charge in [0.2, 0.25) is 0 Å². The molecule has 2 nitrogen and oxygen atoms in total. The van der Waals surface area contributed by atoms with Gasteiger partial charge in [-0.3, -0.25) is 0 Å². The van der Waals surface area contributed by atoms with Crippen LogP contribution >= 0.6 is 11.6 Å². The normalized spacial score (nSPS) is 38.6. The monoisotopic (exact) mass is 176 g/mol. The molecule has 3 heteroatoms. The Bertz CT molecular complexity index is 158. The second-order valence-electron chi connectivity index (χ2n) is 3.12. The van der Waals surface area contributed by atoms with Gasteiger partial charge in [0.15, 0.2) is 0 Å². The van der Waals surface area contributed by atoms with Crippen molar-refractivity contribution in [1.82, 2.24) is 0 Å². The fourth-order valence-electron chi connectivity index (χ4n) is 1.26. The van der Waals surface area contributed by atoms with E-state index < -0.39 is 0 Å². The molecule has 1 rings (SSSR count). The smallest absolute Gasteiger partial charge is 0.0893 e. The summed E-state index contributed by atoms with van der Waals surface area (Å²) in [4.78, 5) is 0. The van der Waals surface area contributed by atoms with Gasteiger partial charge in [0.1, 0.15) is 0 Å². The summed E-state index contributed by atoms with van der Waals surface area (Å²) in [6.45, 7) is 1.99. The SMILES string of the molecule is C[C@@]1(CO)CCC(/C=C/Cl)O1. The Kier molecular flexibility index (Phi) is 2.93. The summed E-state index contributed by atoms with van der Waals surface area (Å²) < 4.78 is 5.52. The third-order valence-electron chi connectivity index (χ3n) is 2.02. The van der Waals surface area contributed by atoms with Crippen LogP contribution in [0.3, 0.4) is 0 Å². The lowest BCUT2D eigenvalue weighted by molar-refractivity contribution is -0.0458. The zero-order valence-corrected chi connectivity index (χ0v) is 7.34. The Morgan fingerprint density at radius 3 is 3.00 bits per heavy atom. The summed E-state index contributed by atoms with van der Waals surface area (Å²) in [6.07, 6.45) is 3.74. The molecule has 2 atom stereocenters. The summed E-state index contributed by atoms with van der Waals surface area (Å²) in [5.74, 6) is 0. The highest BCUT2D eigenvalue weighted by Gasteiger charge is 2.33. The lowest BCUT2D eigenvalue weighted by Gasteiger charge is -2.20. The maximum atomic E-state index is 8.93. The topological polar surface area (TPSA) is 29.5 Å². The van der Waals surface area contributed by atoms with Crippen molar-refractivity contribution in [2.45, 2.75) is 31.5 Å². The molecule has 0 aromatic carbocycles. The summed E-state index contributed by atoms with van der Waals surface area (Å²) >= 11 is 5.39. The molecule has 11 heavy (non-hydrogen) atoms. The Labute approximate surface area is 71.8 Å². The Hall–Kier alpha value is -0.0500. The summed E-state index contributed by atoms with van der Waals surface area (Å²) in [5.41, 5.74) is 1.12. The molecule has 0 bridgehead atoms. The minimum Gasteiger partial charge on any atom is -0.393 e. The van der Waals surface area contributed by atoms with Gasteiger partial charge in [-0.25, -0.2) is 0 Å². The minimum absolute atomic E-state index is 0.0830. The van der Waals surface area contributed by atoms with E-state index in [1.165, 1.54) is 5.54 Å². The highest BCUT2D eigenvalue weighted by Crippen LogP contribution is 2.30. The van der Waals surface area contributed by atoms with E-state index in [0.29, 0.717) is 0 Å². The first-order chi connectivity index (χ1) is 5.20. The molecule has 64 valence electrons. The van der Waals surface area contributed by atoms with Crippen LogP contribution in [0.2, 0.25) is 0 Å². The molecule has 1 unspecified atom stereocenters. The summed E-state index contributed by atoms with van der Waals surface area (Å²) in [7, 11) is 0. The number of halogens is 1. The Morgan fingerprint density at radius 2 is 2.55 bits per heavy atom. The van der Waals surface area contributed by atoms with E-state index in [1.54, 1.807) is 0 Å². The van der Waals surface area contributed by atoms with Gasteiger partial charge in [0.05, 0.1) is 18.3 Å². The number of hydrogen-bond donors (Lipinski definition) is 1. The Balaban J connectivity index is 2.46. The first-order valence-electron chi connectivity index (χ1n) is 3.76. The molecule has 0 aromatic rings. The van der Waals surface area contributed by atoms with Crippen LogP contribution in [0.1, 0.15) is 19.8 Å². The molecule has 0 aliphatic carbocycles. The third kappa shape index (κ3) is 2.19. The molecule has 1 aliphatic rings. The quantitative estimate of drug-likeness (QED) is 0.694. The van der Waals surface area contributed by atoms with Crippen molar-refractivity contribution in [3.05, 3.63) is 11.6 Å². The highest BCUT2D eigenvalue weighted by atomic mass is 35.5. The maximum Gasteiger partial charge on any atom is 0.0893 e. The van der Waals surface area contributed by atoms with E-state index in [0.717, 1.165) is 12.8 Å².